The summed E-state index contributed by atoms with van der Waals surface area (Å²) in [6, 6.07) is 1.86. The highest BCUT2D eigenvalue weighted by molar-refractivity contribution is 6.20. The summed E-state index contributed by atoms with van der Waals surface area (Å²) >= 11 is 5.95. The summed E-state index contributed by atoms with van der Waals surface area (Å²) in [7, 11) is 1.97. The summed E-state index contributed by atoms with van der Waals surface area (Å²) < 4.78 is 5.55. The van der Waals surface area contributed by atoms with Gasteiger partial charge in [-0.25, -0.2) is 4.98 Å². The maximum absolute atomic E-state index is 5.95. The van der Waals surface area contributed by atoms with Crippen LogP contribution in [0.4, 0.5) is 5.95 Å². The maximum atomic E-state index is 5.95. The van der Waals surface area contributed by atoms with Gasteiger partial charge in [0.05, 0.1) is 6.61 Å². The van der Waals surface area contributed by atoms with E-state index < -0.39 is 0 Å². The zero-order valence-corrected chi connectivity index (χ0v) is 12.4. The predicted molar refractivity (Wildman–Crippen MR) is 75.8 cm³/mol. The Morgan fingerprint density at radius 2 is 2.17 bits per heavy atom. The van der Waals surface area contributed by atoms with E-state index in [0.717, 1.165) is 25.1 Å². The average Bonchev–Trinajstić information content (AvgIpc) is 2.32. The van der Waals surface area contributed by atoms with Crippen molar-refractivity contribution in [3.63, 3.8) is 0 Å². The van der Waals surface area contributed by atoms with Gasteiger partial charge in [0.2, 0.25) is 11.8 Å². The van der Waals surface area contributed by atoms with Crippen molar-refractivity contribution >= 4 is 17.5 Å². The van der Waals surface area contributed by atoms with Gasteiger partial charge in [-0.2, -0.15) is 4.98 Å². The molecule has 0 saturated heterocycles. The first-order valence-electron chi connectivity index (χ1n) is 6.36. The van der Waals surface area contributed by atoms with Crippen molar-refractivity contribution < 1.29 is 4.74 Å². The largest absolute Gasteiger partial charge is 0.478 e. The molecule has 102 valence electrons. The second-order valence-electron chi connectivity index (χ2n) is 4.49. The summed E-state index contributed by atoms with van der Waals surface area (Å²) in [6.07, 6.45) is 1.87. The predicted octanol–water partition coefficient (Wildman–Crippen LogP) is 3.03. The van der Waals surface area contributed by atoms with Gasteiger partial charge in [-0.1, -0.05) is 6.92 Å². The molecule has 4 nitrogen and oxygen atoms in total. The van der Waals surface area contributed by atoms with Gasteiger partial charge in [-0.05, 0) is 26.7 Å². The molecule has 1 unspecified atom stereocenters. The van der Waals surface area contributed by atoms with E-state index in [-0.39, 0.29) is 5.38 Å². The molecule has 1 aromatic heterocycles. The summed E-state index contributed by atoms with van der Waals surface area (Å²) in [6.45, 7) is 7.52. The Kier molecular flexibility index (Phi) is 6.19. The highest BCUT2D eigenvalue weighted by Crippen LogP contribution is 2.15. The first-order valence-corrected chi connectivity index (χ1v) is 6.80. The smallest absolute Gasteiger partial charge is 0.228 e. The Morgan fingerprint density at radius 3 is 2.78 bits per heavy atom. The fraction of sp³-hybridized carbons (Fsp3) is 0.692. The zero-order chi connectivity index (χ0) is 13.5. The molecule has 0 amide bonds. The first kappa shape index (κ1) is 15.0. The lowest BCUT2D eigenvalue weighted by Gasteiger charge is -2.18. The molecule has 1 aromatic rings. The highest BCUT2D eigenvalue weighted by Gasteiger charge is 2.09. The van der Waals surface area contributed by atoms with Crippen molar-refractivity contribution in [2.75, 3.05) is 25.1 Å². The van der Waals surface area contributed by atoms with Crippen LogP contribution >= 0.6 is 11.6 Å². The van der Waals surface area contributed by atoms with Gasteiger partial charge in [0.25, 0.3) is 0 Å². The van der Waals surface area contributed by atoms with Gasteiger partial charge in [0, 0.05) is 30.7 Å². The lowest BCUT2D eigenvalue weighted by molar-refractivity contribution is 0.304. The van der Waals surface area contributed by atoms with E-state index in [1.165, 1.54) is 0 Å². The molecule has 0 radical (unpaired) electrons. The van der Waals surface area contributed by atoms with E-state index in [1.807, 2.05) is 31.9 Å². The highest BCUT2D eigenvalue weighted by atomic mass is 35.5. The van der Waals surface area contributed by atoms with Gasteiger partial charge in [-0.15, -0.1) is 11.6 Å². The Hall–Kier alpha value is -1.03. The monoisotopic (exact) mass is 271 g/mol. The quantitative estimate of drug-likeness (QED) is 0.715. The van der Waals surface area contributed by atoms with Gasteiger partial charge in [-0.3, -0.25) is 0 Å². The number of aryl methyl sites for hydroxylation is 1. The molecule has 0 aromatic carbocycles. The van der Waals surface area contributed by atoms with Crippen LogP contribution in [-0.4, -0.2) is 35.5 Å². The van der Waals surface area contributed by atoms with E-state index in [2.05, 4.69) is 16.9 Å². The third kappa shape index (κ3) is 5.08. The van der Waals surface area contributed by atoms with Crippen molar-refractivity contribution in [1.82, 2.24) is 9.97 Å². The second-order valence-corrected chi connectivity index (χ2v) is 5.23. The van der Waals surface area contributed by atoms with Crippen LogP contribution in [0.3, 0.4) is 0 Å². The van der Waals surface area contributed by atoms with Crippen molar-refractivity contribution in [3.8, 4) is 5.88 Å². The Balaban J connectivity index is 2.71. The fourth-order valence-electron chi connectivity index (χ4n) is 1.45. The minimum Gasteiger partial charge on any atom is -0.478 e. The first-order chi connectivity index (χ1) is 8.52. The molecular weight excluding hydrogens is 250 g/mol. The lowest BCUT2D eigenvalue weighted by Crippen LogP contribution is -2.23. The van der Waals surface area contributed by atoms with E-state index in [9.17, 15) is 0 Å². The molecule has 0 bridgehead atoms. The van der Waals surface area contributed by atoms with Crippen LogP contribution in [0.2, 0.25) is 0 Å². The fourth-order valence-corrected chi connectivity index (χ4v) is 1.54. The number of anilines is 1. The van der Waals surface area contributed by atoms with Crippen LogP contribution in [0.25, 0.3) is 0 Å². The van der Waals surface area contributed by atoms with E-state index in [1.54, 1.807) is 0 Å². The molecule has 0 aliphatic carbocycles. The van der Waals surface area contributed by atoms with Gasteiger partial charge in [0.1, 0.15) is 0 Å². The number of nitrogens with zero attached hydrogens (tertiary/aromatic N) is 3. The summed E-state index contributed by atoms with van der Waals surface area (Å²) in [5, 5.41) is 0.160. The molecule has 1 rings (SSSR count). The van der Waals surface area contributed by atoms with E-state index in [0.29, 0.717) is 18.4 Å². The van der Waals surface area contributed by atoms with Crippen molar-refractivity contribution in [3.05, 3.63) is 11.8 Å². The molecule has 5 heteroatoms. The van der Waals surface area contributed by atoms with Crippen molar-refractivity contribution in [1.29, 1.82) is 0 Å². The second kappa shape index (κ2) is 7.41. The van der Waals surface area contributed by atoms with Gasteiger partial charge < -0.3 is 9.64 Å². The number of hydrogen-bond donors (Lipinski definition) is 0. The molecule has 0 saturated carbocycles. The molecular formula is C13H22ClN3O. The minimum atomic E-state index is 0.160. The van der Waals surface area contributed by atoms with Gasteiger partial charge >= 0.3 is 0 Å². The summed E-state index contributed by atoms with van der Waals surface area (Å²) in [4.78, 5) is 10.8. The Morgan fingerprint density at radius 1 is 1.44 bits per heavy atom. The molecule has 0 N–H and O–H groups in total. The number of alkyl halides is 1. The molecule has 18 heavy (non-hydrogen) atoms. The van der Waals surface area contributed by atoms with Crippen LogP contribution in [0.15, 0.2) is 6.07 Å². The molecule has 1 atom stereocenters. The standard InChI is InChI=1S/C13H22ClN3O/c1-5-8-18-12-9-11(3)15-13(16-12)17(4)7-6-10(2)14/h9-10H,5-8H2,1-4H3. The minimum absolute atomic E-state index is 0.160. The van der Waals surface area contributed by atoms with Gasteiger partial charge in [0.15, 0.2) is 0 Å². The zero-order valence-electron chi connectivity index (χ0n) is 11.6. The summed E-state index contributed by atoms with van der Waals surface area (Å²) in [5.41, 5.74) is 0.914. The van der Waals surface area contributed by atoms with Crippen LogP contribution in [0, 0.1) is 6.92 Å². The number of ether oxygens (including phenoxy) is 1. The molecule has 0 spiro atoms. The van der Waals surface area contributed by atoms with E-state index >= 15 is 0 Å². The Bertz CT molecular complexity index is 371. The summed E-state index contributed by atoms with van der Waals surface area (Å²) in [5.74, 6) is 1.34. The maximum Gasteiger partial charge on any atom is 0.228 e. The van der Waals surface area contributed by atoms with Crippen LogP contribution in [-0.2, 0) is 0 Å². The topological polar surface area (TPSA) is 38.2 Å². The SMILES string of the molecule is CCCOc1cc(C)nc(N(C)CCC(C)Cl)n1. The third-order valence-corrected chi connectivity index (χ3v) is 2.69. The van der Waals surface area contributed by atoms with E-state index in [4.69, 9.17) is 16.3 Å². The number of aromatic nitrogens is 2. The molecule has 1 heterocycles. The van der Waals surface area contributed by atoms with Crippen molar-refractivity contribution in [2.24, 2.45) is 0 Å². The Labute approximate surface area is 114 Å². The normalized spacial score (nSPS) is 12.3. The molecule has 0 aliphatic heterocycles. The molecule has 0 fully saturated rings. The van der Waals surface area contributed by atoms with Crippen LogP contribution in [0.5, 0.6) is 5.88 Å². The van der Waals surface area contributed by atoms with Crippen LogP contribution < -0.4 is 9.64 Å². The molecule has 0 aliphatic rings. The lowest BCUT2D eigenvalue weighted by atomic mass is 10.3. The number of hydrogen-bond acceptors (Lipinski definition) is 4. The van der Waals surface area contributed by atoms with Crippen molar-refractivity contribution in [2.45, 2.75) is 39.0 Å². The average molecular weight is 272 g/mol. The number of rotatable bonds is 7. The van der Waals surface area contributed by atoms with Crippen LogP contribution in [0.1, 0.15) is 32.4 Å². The number of halogens is 1. The third-order valence-electron chi connectivity index (χ3n) is 2.48.